The lowest BCUT2D eigenvalue weighted by atomic mass is 10.1. The largest absolute Gasteiger partial charge is 0.543 e. The summed E-state index contributed by atoms with van der Waals surface area (Å²) < 4.78 is 0. The van der Waals surface area contributed by atoms with Gasteiger partial charge in [-0.2, -0.15) is 0 Å². The van der Waals surface area contributed by atoms with Crippen molar-refractivity contribution in [3.05, 3.63) is 59.4 Å². The Morgan fingerprint density at radius 1 is 1.06 bits per heavy atom. The Hall–Kier alpha value is -2.36. The number of carboxylic acid groups (broad SMARTS) is 1. The quantitative estimate of drug-likeness (QED) is 0.761. The highest BCUT2D eigenvalue weighted by Crippen LogP contribution is 2.10. The highest BCUT2D eigenvalue weighted by atomic mass is 16.4. The second kappa shape index (κ2) is 4.02. The molecule has 4 nitrogen and oxygen atoms in total. The average molecular weight is 214 g/mol. The molecule has 0 radical (unpaired) electrons. The molecule has 1 N–H and O–H groups in total. The molecule has 0 unspecified atom stereocenters. The van der Waals surface area contributed by atoms with E-state index in [1.807, 2.05) is 0 Å². The molecular weight excluding hydrogens is 206 g/mol. The summed E-state index contributed by atoms with van der Waals surface area (Å²) in [5.74, 6) is -1.54. The number of H-pyrrole nitrogens is 1. The van der Waals surface area contributed by atoms with Crippen LogP contribution in [0.1, 0.15) is 26.4 Å². The van der Waals surface area contributed by atoms with Gasteiger partial charge in [0.15, 0.2) is 5.78 Å². The number of aromatic nitrogens is 1. The summed E-state index contributed by atoms with van der Waals surface area (Å²) in [6, 6.07) is 9.92. The number of carbonyl (C=O) groups excluding carboxylic acids is 2. The third kappa shape index (κ3) is 1.86. The average Bonchev–Trinajstić information content (AvgIpc) is 2.78. The van der Waals surface area contributed by atoms with Crippen molar-refractivity contribution in [2.75, 3.05) is 0 Å². The molecule has 0 bridgehead atoms. The zero-order valence-electron chi connectivity index (χ0n) is 8.27. The van der Waals surface area contributed by atoms with Crippen molar-refractivity contribution >= 4 is 11.8 Å². The van der Waals surface area contributed by atoms with Gasteiger partial charge in [0.05, 0.1) is 11.7 Å². The van der Waals surface area contributed by atoms with E-state index in [0.29, 0.717) is 11.1 Å². The monoisotopic (exact) mass is 214 g/mol. The van der Waals surface area contributed by atoms with Gasteiger partial charge in [-0.05, 0) is 6.07 Å². The van der Waals surface area contributed by atoms with Crippen LogP contribution in [0.5, 0.6) is 0 Å². The van der Waals surface area contributed by atoms with Crippen LogP contribution in [-0.2, 0) is 0 Å². The second-order valence-electron chi connectivity index (χ2n) is 3.28. The van der Waals surface area contributed by atoms with Gasteiger partial charge in [-0.3, -0.25) is 4.79 Å². The Morgan fingerprint density at radius 3 is 2.31 bits per heavy atom. The topological polar surface area (TPSA) is 73.0 Å². The van der Waals surface area contributed by atoms with Gasteiger partial charge in [-0.25, -0.2) is 0 Å². The number of aromatic amines is 1. The Bertz CT molecular complexity index is 528. The third-order valence-electron chi connectivity index (χ3n) is 2.20. The lowest BCUT2D eigenvalue weighted by molar-refractivity contribution is -0.255. The van der Waals surface area contributed by atoms with Gasteiger partial charge in [0.1, 0.15) is 0 Å². The van der Waals surface area contributed by atoms with Crippen LogP contribution in [-0.4, -0.2) is 16.7 Å². The van der Waals surface area contributed by atoms with E-state index >= 15 is 0 Å². The smallest absolute Gasteiger partial charge is 0.194 e. The number of benzene rings is 1. The van der Waals surface area contributed by atoms with Crippen LogP contribution >= 0.6 is 0 Å². The van der Waals surface area contributed by atoms with Crippen molar-refractivity contribution in [2.24, 2.45) is 0 Å². The minimum absolute atomic E-state index is 0.0979. The maximum atomic E-state index is 11.8. The van der Waals surface area contributed by atoms with Crippen molar-refractivity contribution in [1.29, 1.82) is 0 Å². The molecule has 0 saturated carbocycles. The molecule has 0 aliphatic rings. The molecule has 0 spiro atoms. The molecule has 1 aromatic carbocycles. The number of hydrogen-bond donors (Lipinski definition) is 1. The summed E-state index contributed by atoms with van der Waals surface area (Å²) in [6.45, 7) is 0. The van der Waals surface area contributed by atoms with Crippen LogP contribution in [0.4, 0.5) is 0 Å². The minimum Gasteiger partial charge on any atom is -0.543 e. The van der Waals surface area contributed by atoms with Crippen molar-refractivity contribution in [3.63, 3.8) is 0 Å². The molecule has 16 heavy (non-hydrogen) atoms. The predicted octanol–water partition coefficient (Wildman–Crippen LogP) is 0.609. The SMILES string of the molecule is O=C(c1ccccc1)c1c[nH]c(C(=O)[O-])c1. The Kier molecular flexibility index (Phi) is 2.55. The molecule has 1 heterocycles. The van der Waals surface area contributed by atoms with Crippen LogP contribution in [0.25, 0.3) is 0 Å². The maximum absolute atomic E-state index is 11.8. The molecule has 2 rings (SSSR count). The first-order valence-electron chi connectivity index (χ1n) is 4.68. The highest BCUT2D eigenvalue weighted by molar-refractivity contribution is 6.09. The normalized spacial score (nSPS) is 10.0. The van der Waals surface area contributed by atoms with Gasteiger partial charge in [0, 0.05) is 17.3 Å². The zero-order valence-corrected chi connectivity index (χ0v) is 8.27. The highest BCUT2D eigenvalue weighted by Gasteiger charge is 2.10. The lowest BCUT2D eigenvalue weighted by Crippen LogP contribution is -2.22. The summed E-state index contributed by atoms with van der Waals surface area (Å²) in [4.78, 5) is 24.8. The third-order valence-corrected chi connectivity index (χ3v) is 2.20. The van der Waals surface area contributed by atoms with Crippen LogP contribution in [0.15, 0.2) is 42.6 Å². The number of nitrogens with one attached hydrogen (secondary N) is 1. The van der Waals surface area contributed by atoms with Gasteiger partial charge < -0.3 is 14.9 Å². The van der Waals surface area contributed by atoms with Crippen LogP contribution in [0.2, 0.25) is 0 Å². The van der Waals surface area contributed by atoms with Crippen molar-refractivity contribution in [2.45, 2.75) is 0 Å². The van der Waals surface area contributed by atoms with E-state index in [9.17, 15) is 14.7 Å². The Labute approximate surface area is 91.5 Å². The summed E-state index contributed by atoms with van der Waals surface area (Å²) in [6.07, 6.45) is 1.36. The summed E-state index contributed by atoms with van der Waals surface area (Å²) in [7, 11) is 0. The maximum Gasteiger partial charge on any atom is 0.194 e. The molecule has 0 saturated heterocycles. The fourth-order valence-electron chi connectivity index (χ4n) is 1.40. The number of hydrogen-bond acceptors (Lipinski definition) is 3. The standard InChI is InChI=1S/C12H9NO3/c14-11(8-4-2-1-3-5-8)9-6-10(12(15)16)13-7-9/h1-7,13H,(H,15,16)/p-1. The van der Waals surface area contributed by atoms with Gasteiger partial charge in [-0.15, -0.1) is 0 Å². The number of rotatable bonds is 3. The van der Waals surface area contributed by atoms with E-state index in [4.69, 9.17) is 0 Å². The van der Waals surface area contributed by atoms with E-state index < -0.39 is 5.97 Å². The fourth-order valence-corrected chi connectivity index (χ4v) is 1.40. The first-order valence-corrected chi connectivity index (χ1v) is 4.68. The lowest BCUT2D eigenvalue weighted by Gasteiger charge is -1.97. The number of aromatic carboxylic acids is 1. The van der Waals surface area contributed by atoms with Crippen LogP contribution in [0, 0.1) is 0 Å². The molecule has 0 aliphatic heterocycles. The Balaban J connectivity index is 2.31. The molecule has 0 fully saturated rings. The summed E-state index contributed by atoms with van der Waals surface area (Å²) >= 11 is 0. The van der Waals surface area contributed by atoms with Crippen LogP contribution < -0.4 is 5.11 Å². The molecule has 4 heteroatoms. The molecule has 0 aliphatic carbocycles. The minimum atomic E-state index is -1.33. The van der Waals surface area contributed by atoms with Gasteiger partial charge in [0.2, 0.25) is 0 Å². The fraction of sp³-hybridized carbons (Fsp3) is 0. The van der Waals surface area contributed by atoms with Crippen molar-refractivity contribution < 1.29 is 14.7 Å². The summed E-state index contributed by atoms with van der Waals surface area (Å²) in [5.41, 5.74) is 0.732. The molecule has 2 aromatic rings. The molecular formula is C12H8NO3-. The predicted molar refractivity (Wildman–Crippen MR) is 55.0 cm³/mol. The number of carbonyl (C=O) groups is 2. The van der Waals surface area contributed by atoms with Gasteiger partial charge >= 0.3 is 0 Å². The van der Waals surface area contributed by atoms with E-state index in [0.717, 1.165) is 0 Å². The number of carboxylic acids is 1. The summed E-state index contributed by atoms with van der Waals surface area (Å²) in [5, 5.41) is 10.5. The molecule has 0 amide bonds. The van der Waals surface area contributed by atoms with E-state index in [-0.39, 0.29) is 11.5 Å². The second-order valence-corrected chi connectivity index (χ2v) is 3.28. The Morgan fingerprint density at radius 2 is 1.75 bits per heavy atom. The number of ketones is 1. The van der Waals surface area contributed by atoms with Gasteiger partial charge in [0.25, 0.3) is 0 Å². The van der Waals surface area contributed by atoms with E-state index in [1.54, 1.807) is 30.3 Å². The van der Waals surface area contributed by atoms with Crippen LogP contribution in [0.3, 0.4) is 0 Å². The van der Waals surface area contributed by atoms with E-state index in [2.05, 4.69) is 4.98 Å². The zero-order chi connectivity index (χ0) is 11.5. The van der Waals surface area contributed by atoms with Crippen molar-refractivity contribution in [3.8, 4) is 0 Å². The van der Waals surface area contributed by atoms with Crippen molar-refractivity contribution in [1.82, 2.24) is 4.98 Å². The molecule has 80 valence electrons. The van der Waals surface area contributed by atoms with E-state index in [1.165, 1.54) is 12.3 Å². The van der Waals surface area contributed by atoms with Gasteiger partial charge in [-0.1, -0.05) is 30.3 Å². The molecule has 0 atom stereocenters. The first-order chi connectivity index (χ1) is 7.68. The first kappa shape index (κ1) is 10.2. The molecule has 1 aromatic heterocycles.